The molecule has 0 unspecified atom stereocenters. The Balaban J connectivity index is 2.02. The van der Waals surface area contributed by atoms with E-state index < -0.39 is 12.0 Å². The van der Waals surface area contributed by atoms with Gasteiger partial charge in [-0.1, -0.05) is 0 Å². The molecule has 1 saturated heterocycles. The van der Waals surface area contributed by atoms with Gasteiger partial charge in [-0.25, -0.2) is 0 Å². The van der Waals surface area contributed by atoms with Crippen LogP contribution in [0.2, 0.25) is 0 Å². The van der Waals surface area contributed by atoms with Crippen molar-refractivity contribution in [3.8, 4) is 0 Å². The minimum Gasteiger partial charge on any atom is -0.480 e. The van der Waals surface area contributed by atoms with Gasteiger partial charge in [-0.15, -0.1) is 0 Å². The number of hydrogen-bond acceptors (Lipinski definition) is 5. The molecule has 0 saturated carbocycles. The van der Waals surface area contributed by atoms with E-state index in [0.717, 1.165) is 0 Å². The molecule has 0 aliphatic carbocycles. The van der Waals surface area contributed by atoms with Crippen LogP contribution in [0, 0.1) is 0 Å². The smallest absolute Gasteiger partial charge is 0.322 e. The van der Waals surface area contributed by atoms with E-state index in [1.165, 1.54) is 0 Å². The average molecular weight is 191 g/mol. The van der Waals surface area contributed by atoms with Crippen molar-refractivity contribution in [3.63, 3.8) is 0 Å². The first-order valence-corrected chi connectivity index (χ1v) is 3.99. The minimum absolute atomic E-state index is 0.0292. The van der Waals surface area contributed by atoms with E-state index in [1.54, 1.807) is 0 Å². The first-order valence-electron chi connectivity index (χ1n) is 3.99. The van der Waals surface area contributed by atoms with Crippen LogP contribution >= 0.6 is 0 Å². The van der Waals surface area contributed by atoms with E-state index in [2.05, 4.69) is 0 Å². The lowest BCUT2D eigenvalue weighted by Crippen LogP contribution is -2.36. The predicted octanol–water partition coefficient (Wildman–Crippen LogP) is -1.21. The number of carboxylic acid groups (broad SMARTS) is 1. The molecule has 3 N–H and O–H groups in total. The van der Waals surface area contributed by atoms with Gasteiger partial charge in [0.15, 0.2) is 6.29 Å². The van der Waals surface area contributed by atoms with Crippen LogP contribution in [0.4, 0.5) is 0 Å². The van der Waals surface area contributed by atoms with Gasteiger partial charge in [-0.3, -0.25) is 4.79 Å². The van der Waals surface area contributed by atoms with Crippen molar-refractivity contribution in [2.75, 3.05) is 26.4 Å². The summed E-state index contributed by atoms with van der Waals surface area (Å²) in [4.78, 5) is 10.3. The lowest BCUT2D eigenvalue weighted by Gasteiger charge is -2.11. The van der Waals surface area contributed by atoms with Crippen LogP contribution in [-0.4, -0.2) is 49.8 Å². The molecule has 1 aliphatic heterocycles. The van der Waals surface area contributed by atoms with Crippen molar-refractivity contribution >= 4 is 5.97 Å². The van der Waals surface area contributed by atoms with Crippen LogP contribution < -0.4 is 5.73 Å². The normalized spacial score (nSPS) is 20.4. The predicted molar refractivity (Wildman–Crippen MR) is 42.1 cm³/mol. The summed E-state index contributed by atoms with van der Waals surface area (Å²) in [5.74, 6) is -1.08. The maximum absolute atomic E-state index is 10.3. The molecule has 76 valence electrons. The van der Waals surface area contributed by atoms with E-state index in [1.807, 2.05) is 0 Å². The minimum atomic E-state index is -1.08. The summed E-state index contributed by atoms with van der Waals surface area (Å²) < 4.78 is 15.1. The zero-order valence-electron chi connectivity index (χ0n) is 7.14. The van der Waals surface area contributed by atoms with E-state index in [4.69, 9.17) is 25.1 Å². The van der Waals surface area contributed by atoms with Crippen LogP contribution in [-0.2, 0) is 19.0 Å². The largest absolute Gasteiger partial charge is 0.480 e. The molecule has 6 heteroatoms. The third-order valence-electron chi connectivity index (χ3n) is 1.56. The monoisotopic (exact) mass is 191 g/mol. The summed E-state index contributed by atoms with van der Waals surface area (Å²) in [7, 11) is 0. The molecule has 0 aromatic heterocycles. The summed E-state index contributed by atoms with van der Waals surface area (Å²) in [5, 5.41) is 8.41. The second-order valence-corrected chi connectivity index (χ2v) is 2.65. The van der Waals surface area contributed by atoms with Crippen molar-refractivity contribution in [1.82, 2.24) is 0 Å². The van der Waals surface area contributed by atoms with Gasteiger partial charge in [0.05, 0.1) is 26.4 Å². The molecular formula is C7H13NO5. The quantitative estimate of drug-likeness (QED) is 0.566. The molecule has 1 atom stereocenters. The SMILES string of the molecule is N[C@@H](COCC1OCCO1)C(=O)O. The highest BCUT2D eigenvalue weighted by atomic mass is 16.7. The summed E-state index contributed by atoms with van der Waals surface area (Å²) in [6.45, 7) is 1.30. The molecule has 1 fully saturated rings. The summed E-state index contributed by atoms with van der Waals surface area (Å²) in [5.41, 5.74) is 5.20. The lowest BCUT2D eigenvalue weighted by atomic mass is 10.3. The van der Waals surface area contributed by atoms with Gasteiger partial charge >= 0.3 is 5.97 Å². The second-order valence-electron chi connectivity index (χ2n) is 2.65. The number of hydrogen-bond donors (Lipinski definition) is 2. The first kappa shape index (κ1) is 10.4. The third-order valence-corrected chi connectivity index (χ3v) is 1.56. The molecule has 1 aliphatic rings. The molecule has 6 nitrogen and oxygen atoms in total. The van der Waals surface area contributed by atoms with Crippen LogP contribution in [0.25, 0.3) is 0 Å². The standard InChI is InChI=1S/C7H13NO5/c8-5(7(9)10)3-11-4-6-12-1-2-13-6/h5-6H,1-4,8H2,(H,9,10)/t5-/m0/s1. The van der Waals surface area contributed by atoms with Crippen LogP contribution in [0.5, 0.6) is 0 Å². The van der Waals surface area contributed by atoms with E-state index >= 15 is 0 Å². The van der Waals surface area contributed by atoms with Crippen LogP contribution in [0.3, 0.4) is 0 Å². The Morgan fingerprint density at radius 1 is 1.62 bits per heavy atom. The maximum Gasteiger partial charge on any atom is 0.322 e. The lowest BCUT2D eigenvalue weighted by molar-refractivity contribution is -0.142. The zero-order valence-corrected chi connectivity index (χ0v) is 7.14. The van der Waals surface area contributed by atoms with Crippen molar-refractivity contribution < 1.29 is 24.1 Å². The molecule has 0 aromatic carbocycles. The molecular weight excluding hydrogens is 178 g/mol. The Morgan fingerprint density at radius 3 is 2.77 bits per heavy atom. The molecule has 13 heavy (non-hydrogen) atoms. The highest BCUT2D eigenvalue weighted by molar-refractivity contribution is 5.73. The highest BCUT2D eigenvalue weighted by Gasteiger charge is 2.17. The van der Waals surface area contributed by atoms with E-state index in [0.29, 0.717) is 13.2 Å². The zero-order chi connectivity index (χ0) is 9.68. The fourth-order valence-electron chi connectivity index (χ4n) is 0.866. The third kappa shape index (κ3) is 3.69. The molecule has 0 aromatic rings. The Kier molecular flexibility index (Phi) is 4.10. The van der Waals surface area contributed by atoms with Crippen LogP contribution in [0.1, 0.15) is 0 Å². The summed E-state index contributed by atoms with van der Waals surface area (Å²) in [6, 6.07) is -0.985. The van der Waals surface area contributed by atoms with Crippen molar-refractivity contribution in [2.45, 2.75) is 12.3 Å². The van der Waals surface area contributed by atoms with Gasteiger partial charge in [0.1, 0.15) is 6.04 Å². The van der Waals surface area contributed by atoms with Gasteiger partial charge in [0, 0.05) is 0 Å². The van der Waals surface area contributed by atoms with E-state index in [-0.39, 0.29) is 19.5 Å². The number of carbonyl (C=O) groups is 1. The second kappa shape index (κ2) is 5.13. The van der Waals surface area contributed by atoms with Gasteiger partial charge in [-0.2, -0.15) is 0 Å². The Hall–Kier alpha value is -0.690. The molecule has 0 spiro atoms. The summed E-state index contributed by atoms with van der Waals surface area (Å²) >= 11 is 0. The van der Waals surface area contributed by atoms with Crippen molar-refractivity contribution in [3.05, 3.63) is 0 Å². The first-order chi connectivity index (χ1) is 6.20. The Labute approximate surface area is 75.6 Å². The maximum atomic E-state index is 10.3. The van der Waals surface area contributed by atoms with Gasteiger partial charge in [0.2, 0.25) is 0 Å². The fourth-order valence-corrected chi connectivity index (χ4v) is 0.866. The Morgan fingerprint density at radius 2 is 2.23 bits per heavy atom. The van der Waals surface area contributed by atoms with Crippen molar-refractivity contribution in [2.24, 2.45) is 5.73 Å². The van der Waals surface area contributed by atoms with Crippen molar-refractivity contribution in [1.29, 1.82) is 0 Å². The topological polar surface area (TPSA) is 91.0 Å². The number of ether oxygens (including phenoxy) is 3. The van der Waals surface area contributed by atoms with Gasteiger partial charge in [-0.05, 0) is 0 Å². The van der Waals surface area contributed by atoms with Gasteiger partial charge < -0.3 is 25.1 Å². The number of rotatable bonds is 5. The molecule has 1 rings (SSSR count). The van der Waals surface area contributed by atoms with E-state index in [9.17, 15) is 4.79 Å². The molecule has 0 radical (unpaired) electrons. The molecule has 0 bridgehead atoms. The van der Waals surface area contributed by atoms with Gasteiger partial charge in [0.25, 0.3) is 0 Å². The fraction of sp³-hybridized carbons (Fsp3) is 0.857. The average Bonchev–Trinajstić information content (AvgIpc) is 2.56. The molecule has 0 amide bonds. The number of carboxylic acids is 1. The van der Waals surface area contributed by atoms with Crippen LogP contribution in [0.15, 0.2) is 0 Å². The number of aliphatic carboxylic acids is 1. The summed E-state index contributed by atoms with van der Waals surface area (Å²) in [6.07, 6.45) is -0.374. The molecule has 1 heterocycles. The Bertz CT molecular complexity index is 168. The highest BCUT2D eigenvalue weighted by Crippen LogP contribution is 2.03. The number of nitrogens with two attached hydrogens (primary N) is 1.